The molecule has 5 aromatic rings. The van der Waals surface area contributed by atoms with Crippen molar-refractivity contribution in [3.63, 3.8) is 0 Å². The maximum absolute atomic E-state index is 4.16. The standard InChI is InChI=1S/C56H68N3PS/c1-9-18-37(11-3)26-28-39-20-17-22-42(32-39)58-47-33-40(29-27-38(12-4)19-10-2)34-48-53(47)60(52-44-23-14-16-25-50(44)61-54(52)58)49-36-43(57(7)8)35-46-51(49)59(48)56(6)45-24-15-13-21-41(45)30-31-55(46,56)5/h9-10,14,16-17,20,22-23,25,32-38,41,45H,1-2,11-13,15,18-19,21,24,26-31H2,3-8H3. The maximum Gasteiger partial charge on any atom is 0.110 e. The zero-order chi connectivity index (χ0) is 42.2. The fraction of sp³-hybridized carbons (Fsp3) is 0.464. The highest BCUT2D eigenvalue weighted by atomic mass is 32.1. The van der Waals surface area contributed by atoms with E-state index in [2.05, 4.69) is 155 Å². The summed E-state index contributed by atoms with van der Waals surface area (Å²) >= 11 is 2.02. The number of thiophene rings is 1. The van der Waals surface area contributed by atoms with Crippen molar-refractivity contribution in [2.24, 2.45) is 23.7 Å². The van der Waals surface area contributed by atoms with Gasteiger partial charge in [-0.1, -0.05) is 95.4 Å². The molecule has 0 radical (unpaired) electrons. The summed E-state index contributed by atoms with van der Waals surface area (Å²) in [5, 5.41) is 7.61. The lowest BCUT2D eigenvalue weighted by molar-refractivity contribution is 0.0339. The minimum absolute atomic E-state index is 0.00996. The van der Waals surface area contributed by atoms with E-state index >= 15 is 0 Å². The number of rotatable bonds is 14. The van der Waals surface area contributed by atoms with Gasteiger partial charge in [0.2, 0.25) is 0 Å². The summed E-state index contributed by atoms with van der Waals surface area (Å²) in [6.07, 6.45) is 21.5. The summed E-state index contributed by atoms with van der Waals surface area (Å²) in [6, 6.07) is 29.7. The van der Waals surface area contributed by atoms with Gasteiger partial charge in [-0.25, -0.2) is 0 Å². The molecule has 2 saturated carbocycles. The van der Waals surface area contributed by atoms with Crippen LogP contribution >= 0.6 is 19.3 Å². The molecule has 0 saturated heterocycles. The van der Waals surface area contributed by atoms with Crippen molar-refractivity contribution in [2.75, 3.05) is 28.8 Å². The van der Waals surface area contributed by atoms with Gasteiger partial charge in [0.25, 0.3) is 0 Å². The van der Waals surface area contributed by atoms with Crippen molar-refractivity contribution < 1.29 is 0 Å². The minimum atomic E-state index is -0.861. The minimum Gasteiger partial charge on any atom is -0.378 e. The van der Waals surface area contributed by atoms with Crippen LogP contribution in [0.15, 0.2) is 98.1 Å². The summed E-state index contributed by atoms with van der Waals surface area (Å²) in [6.45, 7) is 18.4. The van der Waals surface area contributed by atoms with Gasteiger partial charge >= 0.3 is 0 Å². The van der Waals surface area contributed by atoms with Crippen molar-refractivity contribution in [2.45, 2.75) is 129 Å². The quantitative estimate of drug-likeness (QED) is 0.0799. The number of hydrogen-bond donors (Lipinski definition) is 0. The molecule has 3 aliphatic heterocycles. The number of fused-ring (bicyclic) bond motifs is 11. The molecule has 61 heavy (non-hydrogen) atoms. The van der Waals surface area contributed by atoms with Crippen LogP contribution in [0.5, 0.6) is 0 Å². The average molecular weight is 846 g/mol. The van der Waals surface area contributed by atoms with E-state index < -0.39 is 7.92 Å². The van der Waals surface area contributed by atoms with Gasteiger partial charge in [0.1, 0.15) is 5.00 Å². The van der Waals surface area contributed by atoms with Gasteiger partial charge in [0, 0.05) is 56.9 Å². The zero-order valence-electron chi connectivity index (χ0n) is 37.9. The number of benzene rings is 4. The van der Waals surface area contributed by atoms with Crippen LogP contribution in [0, 0.1) is 23.7 Å². The second-order valence-electron chi connectivity index (χ2n) is 20.0. The van der Waals surface area contributed by atoms with Crippen LogP contribution in [-0.4, -0.2) is 19.6 Å². The van der Waals surface area contributed by atoms with Gasteiger partial charge in [-0.05, 0) is 155 Å². The molecule has 2 fully saturated rings. The lowest BCUT2D eigenvalue weighted by Crippen LogP contribution is -2.64. The van der Waals surface area contributed by atoms with Gasteiger partial charge in [-0.2, -0.15) is 0 Å². The predicted octanol–water partition coefficient (Wildman–Crippen LogP) is 14.7. The summed E-state index contributed by atoms with van der Waals surface area (Å²) in [5.41, 5.74) is 11.8. The first kappa shape index (κ1) is 41.2. The number of allylic oxidation sites excluding steroid dienone is 2. The molecule has 4 aromatic carbocycles. The fourth-order valence-corrected chi connectivity index (χ4v) is 17.6. The highest BCUT2D eigenvalue weighted by molar-refractivity contribution is 7.82. The topological polar surface area (TPSA) is 9.72 Å². The average Bonchev–Trinajstić information content (AvgIpc) is 3.76. The number of aryl methyl sites for hydroxylation is 2. The van der Waals surface area contributed by atoms with E-state index in [9.17, 15) is 0 Å². The predicted molar refractivity (Wildman–Crippen MR) is 270 cm³/mol. The summed E-state index contributed by atoms with van der Waals surface area (Å²) in [7, 11) is 3.67. The van der Waals surface area contributed by atoms with E-state index in [1.165, 1.54) is 113 Å². The monoisotopic (exact) mass is 845 g/mol. The summed E-state index contributed by atoms with van der Waals surface area (Å²) in [4.78, 5) is 8.18. The van der Waals surface area contributed by atoms with E-state index in [4.69, 9.17) is 0 Å². The smallest absolute Gasteiger partial charge is 0.110 e. The van der Waals surface area contributed by atoms with Crippen molar-refractivity contribution in [3.05, 3.63) is 115 Å². The third-order valence-corrected chi connectivity index (χ3v) is 20.6. The van der Waals surface area contributed by atoms with E-state index in [1.807, 2.05) is 11.3 Å². The van der Waals surface area contributed by atoms with Crippen LogP contribution in [0.25, 0.3) is 10.1 Å². The first-order chi connectivity index (χ1) is 29.6. The van der Waals surface area contributed by atoms with Gasteiger partial charge in [0.15, 0.2) is 0 Å². The van der Waals surface area contributed by atoms with E-state index in [-0.39, 0.29) is 11.0 Å². The molecule has 318 valence electrons. The molecule has 0 N–H and O–H groups in total. The highest BCUT2D eigenvalue weighted by Gasteiger charge is 2.66. The second kappa shape index (κ2) is 16.1. The van der Waals surface area contributed by atoms with Crippen molar-refractivity contribution in [3.8, 4) is 0 Å². The van der Waals surface area contributed by atoms with Crippen LogP contribution in [0.2, 0.25) is 0 Å². The Morgan fingerprint density at radius 3 is 2.28 bits per heavy atom. The molecule has 0 amide bonds. The molecule has 1 aromatic heterocycles. The largest absolute Gasteiger partial charge is 0.378 e. The Morgan fingerprint density at radius 1 is 0.820 bits per heavy atom. The Morgan fingerprint density at radius 2 is 1.54 bits per heavy atom. The van der Waals surface area contributed by atoms with E-state index in [0.29, 0.717) is 17.8 Å². The molecule has 5 heteroatoms. The summed E-state index contributed by atoms with van der Waals surface area (Å²) < 4.78 is 1.40. The third-order valence-electron chi connectivity index (χ3n) is 16.7. The molecule has 7 atom stereocenters. The summed E-state index contributed by atoms with van der Waals surface area (Å²) in [5.74, 6) is 2.81. The zero-order valence-corrected chi connectivity index (χ0v) is 39.6. The Hall–Kier alpha value is -3.85. The van der Waals surface area contributed by atoms with Gasteiger partial charge in [-0.15, -0.1) is 24.5 Å². The van der Waals surface area contributed by atoms with Gasteiger partial charge < -0.3 is 14.7 Å². The molecule has 4 heterocycles. The first-order valence-electron chi connectivity index (χ1n) is 23.9. The number of hydrogen-bond acceptors (Lipinski definition) is 4. The maximum atomic E-state index is 4.16. The Kier molecular flexibility index (Phi) is 10.8. The lowest BCUT2D eigenvalue weighted by Gasteiger charge is -2.60. The Balaban J connectivity index is 1.26. The van der Waals surface area contributed by atoms with Crippen LogP contribution in [0.3, 0.4) is 0 Å². The number of nitrogens with zero attached hydrogens (tertiary/aromatic N) is 3. The normalized spacial score (nSPS) is 25.2. The Labute approximate surface area is 372 Å². The van der Waals surface area contributed by atoms with Gasteiger partial charge in [0.05, 0.1) is 22.6 Å². The van der Waals surface area contributed by atoms with Crippen molar-refractivity contribution in [1.82, 2.24) is 0 Å². The van der Waals surface area contributed by atoms with E-state index in [0.717, 1.165) is 31.6 Å². The van der Waals surface area contributed by atoms with E-state index in [1.54, 1.807) is 27.2 Å². The number of anilines is 6. The third kappa shape index (κ3) is 6.34. The molecule has 2 aliphatic carbocycles. The molecule has 0 bridgehead atoms. The fourth-order valence-electron chi connectivity index (χ4n) is 13.1. The highest BCUT2D eigenvalue weighted by Crippen LogP contribution is 2.70. The molecule has 3 nitrogen and oxygen atoms in total. The molecule has 7 unspecified atom stereocenters. The Bertz CT molecular complexity index is 2500. The van der Waals surface area contributed by atoms with Gasteiger partial charge in [-0.3, -0.25) is 0 Å². The van der Waals surface area contributed by atoms with Crippen LogP contribution in [-0.2, 0) is 18.3 Å². The van der Waals surface area contributed by atoms with Crippen LogP contribution in [0.1, 0.15) is 121 Å². The van der Waals surface area contributed by atoms with Crippen LogP contribution < -0.4 is 30.6 Å². The van der Waals surface area contributed by atoms with Crippen molar-refractivity contribution >= 4 is 78.7 Å². The molecular weight excluding hydrogens is 778 g/mol. The first-order valence-corrected chi connectivity index (χ1v) is 26.1. The molecule has 5 aliphatic rings. The molecule has 0 spiro atoms. The van der Waals surface area contributed by atoms with Crippen LogP contribution in [0.4, 0.5) is 33.4 Å². The second-order valence-corrected chi connectivity index (χ2v) is 23.1. The lowest BCUT2D eigenvalue weighted by atomic mass is 9.51. The molecular formula is C56H68N3PS. The van der Waals surface area contributed by atoms with Crippen molar-refractivity contribution in [1.29, 1.82) is 0 Å². The molecule has 10 rings (SSSR count). The SMILES string of the molecule is C=CCC(CC)CCc1cccc(N2c3cc(CCC(CC)CC=C)cc4c3P(c3cc(N(C)C)cc5c3N4C3(C)C4CCCCC4CCC53C)c3c2sc2ccccc32)c1.